The summed E-state index contributed by atoms with van der Waals surface area (Å²) in [7, 11) is 1.43. The molecule has 2 saturated carbocycles. The van der Waals surface area contributed by atoms with Gasteiger partial charge in [-0.3, -0.25) is 0 Å². The van der Waals surface area contributed by atoms with Crippen LogP contribution in [0.3, 0.4) is 0 Å². The van der Waals surface area contributed by atoms with E-state index in [1.54, 1.807) is 0 Å². The van der Waals surface area contributed by atoms with Gasteiger partial charge in [-0.05, 0) is 29.1 Å². The lowest BCUT2D eigenvalue weighted by atomic mass is 9.52. The van der Waals surface area contributed by atoms with Crippen LogP contribution in [0, 0.1) is 22.7 Å². The summed E-state index contributed by atoms with van der Waals surface area (Å²) in [6.07, 6.45) is 1.49. The summed E-state index contributed by atoms with van der Waals surface area (Å²) in [6, 6.07) is 0. The lowest BCUT2D eigenvalue weighted by Gasteiger charge is -2.19. The van der Waals surface area contributed by atoms with Crippen LogP contribution < -0.4 is 0 Å². The van der Waals surface area contributed by atoms with Crippen LogP contribution in [0.5, 0.6) is 0 Å². The van der Waals surface area contributed by atoms with Gasteiger partial charge in [-0.1, -0.05) is 59.6 Å². The molecule has 0 nitrogen and oxygen atoms in total. The van der Waals surface area contributed by atoms with Crippen molar-refractivity contribution in [3.05, 3.63) is 0 Å². The number of rotatable bonds is 3. The Labute approximate surface area is 96.5 Å². The molecule has 0 N–H and O–H groups in total. The highest BCUT2D eigenvalue weighted by molar-refractivity contribution is 6.44. The Bertz CT molecular complexity index is 283. The van der Waals surface area contributed by atoms with Gasteiger partial charge in [0.05, 0.1) is 0 Å². The van der Waals surface area contributed by atoms with E-state index in [0.717, 1.165) is 23.1 Å². The normalized spacial score (nSPS) is 52.7. The lowest BCUT2D eigenvalue weighted by Crippen LogP contribution is -2.14. The van der Waals surface area contributed by atoms with Crippen LogP contribution >= 0.6 is 0 Å². The van der Waals surface area contributed by atoms with Crippen molar-refractivity contribution in [2.45, 2.75) is 66.0 Å². The second-order valence-corrected chi connectivity index (χ2v) is 7.47. The van der Waals surface area contributed by atoms with E-state index in [9.17, 15) is 0 Å². The van der Waals surface area contributed by atoms with Gasteiger partial charge in [-0.15, -0.1) is 0 Å². The molecule has 0 amide bonds. The van der Waals surface area contributed by atoms with Gasteiger partial charge in [0.2, 0.25) is 0 Å². The molecular formula is C14H27B. The van der Waals surface area contributed by atoms with E-state index in [0.29, 0.717) is 10.7 Å². The predicted octanol–water partition coefficient (Wildman–Crippen LogP) is 4.13. The summed E-state index contributed by atoms with van der Waals surface area (Å²) in [5, 5.41) is 0.666. The monoisotopic (exact) mass is 206 g/mol. The number of hydrogen-bond donors (Lipinski definition) is 0. The summed E-state index contributed by atoms with van der Waals surface area (Å²) < 4.78 is 0. The standard InChI is InChI=1S/C14H27B/c1-9(2)13(7)11(5)14(13)8-12(14,6)15-10(3)4/h9-11,15H,8H2,1-7H3. The molecule has 4 unspecified atom stereocenters. The predicted molar refractivity (Wildman–Crippen MR) is 69.8 cm³/mol. The highest BCUT2D eigenvalue weighted by Gasteiger charge is 2.87. The topological polar surface area (TPSA) is 0 Å². The first-order valence-corrected chi connectivity index (χ1v) is 6.72. The second-order valence-electron chi connectivity index (χ2n) is 7.47. The molecule has 0 radical (unpaired) electrons. The van der Waals surface area contributed by atoms with Crippen LogP contribution in [0.15, 0.2) is 0 Å². The van der Waals surface area contributed by atoms with E-state index in [1.165, 1.54) is 13.7 Å². The highest BCUT2D eigenvalue weighted by atomic mass is 14.9. The van der Waals surface area contributed by atoms with Crippen molar-refractivity contribution < 1.29 is 0 Å². The van der Waals surface area contributed by atoms with Gasteiger partial charge in [0, 0.05) is 0 Å². The summed E-state index contributed by atoms with van der Waals surface area (Å²) in [5.41, 5.74) is 1.36. The van der Waals surface area contributed by atoms with Crippen LogP contribution in [0.2, 0.25) is 11.1 Å². The minimum absolute atomic E-state index is 0.636. The molecule has 0 aromatic carbocycles. The first kappa shape index (κ1) is 11.5. The largest absolute Gasteiger partial charge is 0.131 e. The Morgan fingerprint density at radius 1 is 1.13 bits per heavy atom. The van der Waals surface area contributed by atoms with Crippen LogP contribution in [-0.2, 0) is 0 Å². The van der Waals surface area contributed by atoms with Gasteiger partial charge in [0.25, 0.3) is 0 Å². The van der Waals surface area contributed by atoms with E-state index in [2.05, 4.69) is 48.5 Å². The maximum absolute atomic E-state index is 2.54. The third-order valence-electron chi connectivity index (χ3n) is 6.20. The quantitative estimate of drug-likeness (QED) is 0.609. The van der Waals surface area contributed by atoms with E-state index in [4.69, 9.17) is 0 Å². The van der Waals surface area contributed by atoms with Crippen molar-refractivity contribution in [1.29, 1.82) is 0 Å². The summed E-state index contributed by atoms with van der Waals surface area (Å²) >= 11 is 0. The zero-order chi connectivity index (χ0) is 11.6. The Morgan fingerprint density at radius 2 is 1.67 bits per heavy atom. The third-order valence-corrected chi connectivity index (χ3v) is 6.20. The summed E-state index contributed by atoms with van der Waals surface area (Å²) in [5.74, 6) is 2.66. The van der Waals surface area contributed by atoms with E-state index >= 15 is 0 Å². The van der Waals surface area contributed by atoms with Crippen molar-refractivity contribution in [3.8, 4) is 0 Å². The molecule has 86 valence electrons. The first-order chi connectivity index (χ1) is 6.72. The molecule has 0 saturated heterocycles. The van der Waals surface area contributed by atoms with Gasteiger partial charge in [-0.25, -0.2) is 0 Å². The maximum atomic E-state index is 2.54. The zero-order valence-corrected chi connectivity index (χ0v) is 11.6. The molecule has 2 aliphatic rings. The molecule has 1 spiro atoms. The molecule has 0 aromatic rings. The number of hydrogen-bond acceptors (Lipinski definition) is 0. The van der Waals surface area contributed by atoms with Crippen LogP contribution in [0.4, 0.5) is 0 Å². The van der Waals surface area contributed by atoms with E-state index < -0.39 is 0 Å². The highest BCUT2D eigenvalue weighted by Crippen LogP contribution is 2.95. The minimum atomic E-state index is 0.636. The summed E-state index contributed by atoms with van der Waals surface area (Å²) in [6.45, 7) is 17.1. The maximum Gasteiger partial charge on any atom is 0.131 e. The summed E-state index contributed by atoms with van der Waals surface area (Å²) in [4.78, 5) is 0. The lowest BCUT2D eigenvalue weighted by molar-refractivity contribution is 0.330. The smallest absolute Gasteiger partial charge is 0.0706 e. The first-order valence-electron chi connectivity index (χ1n) is 6.72. The second kappa shape index (κ2) is 2.84. The average Bonchev–Trinajstić information content (AvgIpc) is 2.80. The Kier molecular flexibility index (Phi) is 2.19. The minimum Gasteiger partial charge on any atom is -0.0706 e. The molecule has 4 atom stereocenters. The molecule has 0 aromatic heterocycles. The molecular weight excluding hydrogens is 179 g/mol. The molecule has 0 heterocycles. The SMILES string of the molecule is CC(C)BC1(C)CC12C(C)C2(C)C(C)C. The fraction of sp³-hybridized carbons (Fsp3) is 1.00. The Hall–Kier alpha value is 0.0649. The zero-order valence-electron chi connectivity index (χ0n) is 11.6. The van der Waals surface area contributed by atoms with Gasteiger partial charge in [0.15, 0.2) is 0 Å². The molecule has 1 heteroatoms. The van der Waals surface area contributed by atoms with Gasteiger partial charge < -0.3 is 0 Å². The van der Waals surface area contributed by atoms with Crippen LogP contribution in [0.25, 0.3) is 0 Å². The fourth-order valence-corrected chi connectivity index (χ4v) is 5.22. The third kappa shape index (κ3) is 1.10. The van der Waals surface area contributed by atoms with Crippen molar-refractivity contribution in [1.82, 2.24) is 0 Å². The van der Waals surface area contributed by atoms with Crippen LogP contribution in [0.1, 0.15) is 54.9 Å². The van der Waals surface area contributed by atoms with E-state index in [1.807, 2.05) is 0 Å². The molecule has 2 fully saturated rings. The van der Waals surface area contributed by atoms with Gasteiger partial charge in [0.1, 0.15) is 7.28 Å². The molecule has 0 aliphatic heterocycles. The molecule has 0 bridgehead atoms. The van der Waals surface area contributed by atoms with Crippen molar-refractivity contribution in [3.63, 3.8) is 0 Å². The fourth-order valence-electron chi connectivity index (χ4n) is 5.22. The van der Waals surface area contributed by atoms with Crippen LogP contribution in [-0.4, -0.2) is 7.28 Å². The van der Waals surface area contributed by atoms with Crippen molar-refractivity contribution >= 4 is 7.28 Å². The molecule has 2 aliphatic carbocycles. The Balaban J connectivity index is 2.16. The van der Waals surface area contributed by atoms with E-state index in [-0.39, 0.29) is 0 Å². The Morgan fingerprint density at radius 3 is 2.00 bits per heavy atom. The van der Waals surface area contributed by atoms with Gasteiger partial charge in [-0.2, -0.15) is 0 Å². The van der Waals surface area contributed by atoms with Crippen molar-refractivity contribution in [2.75, 3.05) is 0 Å². The molecule has 2 rings (SSSR count). The average molecular weight is 206 g/mol. The molecule has 15 heavy (non-hydrogen) atoms. The van der Waals surface area contributed by atoms with Crippen molar-refractivity contribution in [2.24, 2.45) is 22.7 Å². The van der Waals surface area contributed by atoms with Gasteiger partial charge >= 0.3 is 0 Å².